The summed E-state index contributed by atoms with van der Waals surface area (Å²) >= 11 is 0. The van der Waals surface area contributed by atoms with Gasteiger partial charge in [-0.3, -0.25) is 4.79 Å². The second-order valence-electron chi connectivity index (χ2n) is 7.89. The van der Waals surface area contributed by atoms with Crippen LogP contribution in [0.2, 0.25) is 0 Å². The number of fused-ring (bicyclic) bond motifs is 1. The lowest BCUT2D eigenvalue weighted by molar-refractivity contribution is 0.0996. The molecule has 27 heavy (non-hydrogen) atoms. The average Bonchev–Trinajstić information content (AvgIpc) is 3.43. The molecule has 0 spiro atoms. The number of hydrogen-bond donors (Lipinski definition) is 1. The van der Waals surface area contributed by atoms with Crippen molar-refractivity contribution < 1.29 is 9.53 Å². The maximum absolute atomic E-state index is 12.2. The van der Waals surface area contributed by atoms with Crippen LogP contribution in [0.3, 0.4) is 0 Å². The first-order valence-corrected chi connectivity index (χ1v) is 10.1. The molecule has 4 rings (SSSR count). The molecular formula is C20H29N5O2. The SMILES string of the molecule is CCN1CCCC[C@@H](n2nnc3c(CC4CC4)c(C(N)=O)c(OC)cc32)C1. The number of nitrogens with two attached hydrogens (primary N) is 1. The molecule has 2 fully saturated rings. The highest BCUT2D eigenvalue weighted by molar-refractivity contribution is 6.02. The predicted molar refractivity (Wildman–Crippen MR) is 104 cm³/mol. The Kier molecular flexibility index (Phi) is 5.04. The number of benzene rings is 1. The second kappa shape index (κ2) is 7.46. The molecule has 2 N–H and O–H groups in total. The molecule has 1 aromatic carbocycles. The number of nitrogens with zero attached hydrogens (tertiary/aromatic N) is 4. The molecule has 1 atom stereocenters. The summed E-state index contributed by atoms with van der Waals surface area (Å²) in [6.45, 7) is 5.37. The fourth-order valence-electron chi connectivity index (χ4n) is 4.31. The van der Waals surface area contributed by atoms with Crippen LogP contribution in [0.4, 0.5) is 0 Å². The largest absolute Gasteiger partial charge is 0.496 e. The Balaban J connectivity index is 1.82. The zero-order valence-corrected chi connectivity index (χ0v) is 16.3. The van der Waals surface area contributed by atoms with E-state index in [-0.39, 0.29) is 6.04 Å². The molecular weight excluding hydrogens is 342 g/mol. The van der Waals surface area contributed by atoms with Crippen molar-refractivity contribution in [2.45, 2.75) is 51.5 Å². The first kappa shape index (κ1) is 18.2. The number of rotatable bonds is 6. The Morgan fingerprint density at radius 3 is 2.81 bits per heavy atom. The van der Waals surface area contributed by atoms with E-state index >= 15 is 0 Å². The highest BCUT2D eigenvalue weighted by Crippen LogP contribution is 2.39. The van der Waals surface area contributed by atoms with Crippen LogP contribution in [0.25, 0.3) is 11.0 Å². The smallest absolute Gasteiger partial charge is 0.252 e. The van der Waals surface area contributed by atoms with Gasteiger partial charge in [-0.2, -0.15) is 0 Å². The molecule has 0 bridgehead atoms. The molecule has 2 heterocycles. The van der Waals surface area contributed by atoms with E-state index in [1.807, 2.05) is 10.7 Å². The molecule has 0 unspecified atom stereocenters. The molecule has 1 saturated carbocycles. The Morgan fingerprint density at radius 2 is 2.15 bits per heavy atom. The number of primary amides is 1. The van der Waals surface area contributed by atoms with Crippen LogP contribution in [-0.4, -0.2) is 52.5 Å². The quantitative estimate of drug-likeness (QED) is 0.843. The second-order valence-corrected chi connectivity index (χ2v) is 7.89. The summed E-state index contributed by atoms with van der Waals surface area (Å²) in [4.78, 5) is 14.6. The van der Waals surface area contributed by atoms with Gasteiger partial charge in [0.2, 0.25) is 0 Å². The Morgan fingerprint density at radius 1 is 1.33 bits per heavy atom. The van der Waals surface area contributed by atoms with Gasteiger partial charge in [0.1, 0.15) is 11.3 Å². The number of ether oxygens (including phenoxy) is 1. The summed E-state index contributed by atoms with van der Waals surface area (Å²) in [7, 11) is 1.59. The van der Waals surface area contributed by atoms with Crippen molar-refractivity contribution in [3.05, 3.63) is 17.2 Å². The highest BCUT2D eigenvalue weighted by atomic mass is 16.5. The molecule has 1 aliphatic carbocycles. The van der Waals surface area contributed by atoms with Crippen molar-refractivity contribution >= 4 is 16.9 Å². The van der Waals surface area contributed by atoms with Crippen LogP contribution in [0.5, 0.6) is 5.75 Å². The minimum Gasteiger partial charge on any atom is -0.496 e. The summed E-state index contributed by atoms with van der Waals surface area (Å²) in [6, 6.07) is 2.18. The Labute approximate surface area is 159 Å². The van der Waals surface area contributed by atoms with E-state index in [9.17, 15) is 4.79 Å². The van der Waals surface area contributed by atoms with Gasteiger partial charge < -0.3 is 15.4 Å². The van der Waals surface area contributed by atoms with Crippen molar-refractivity contribution in [2.24, 2.45) is 11.7 Å². The summed E-state index contributed by atoms with van der Waals surface area (Å²) in [5.41, 5.74) is 8.85. The Bertz CT molecular complexity index is 842. The minimum atomic E-state index is -0.453. The molecule has 1 saturated heterocycles. The zero-order valence-electron chi connectivity index (χ0n) is 16.3. The fraction of sp³-hybridized carbons (Fsp3) is 0.650. The van der Waals surface area contributed by atoms with Gasteiger partial charge in [0.15, 0.2) is 0 Å². The number of amides is 1. The van der Waals surface area contributed by atoms with Gasteiger partial charge in [-0.1, -0.05) is 18.6 Å². The lowest BCUT2D eigenvalue weighted by Gasteiger charge is -2.23. The normalized spacial score (nSPS) is 21.3. The van der Waals surface area contributed by atoms with E-state index in [1.54, 1.807) is 7.11 Å². The maximum atomic E-state index is 12.2. The number of carbonyl (C=O) groups is 1. The summed E-state index contributed by atoms with van der Waals surface area (Å²) in [6.07, 6.45) is 6.70. The third-order valence-corrected chi connectivity index (χ3v) is 6.01. The van der Waals surface area contributed by atoms with Gasteiger partial charge in [0, 0.05) is 12.6 Å². The van der Waals surface area contributed by atoms with Crippen LogP contribution in [-0.2, 0) is 6.42 Å². The van der Waals surface area contributed by atoms with Crippen molar-refractivity contribution in [3.8, 4) is 5.75 Å². The van der Waals surface area contributed by atoms with E-state index in [4.69, 9.17) is 10.5 Å². The third-order valence-electron chi connectivity index (χ3n) is 6.01. The van der Waals surface area contributed by atoms with Crippen molar-refractivity contribution in [1.82, 2.24) is 19.9 Å². The van der Waals surface area contributed by atoms with Gasteiger partial charge in [-0.25, -0.2) is 4.68 Å². The summed E-state index contributed by atoms with van der Waals surface area (Å²) in [5, 5.41) is 9.03. The van der Waals surface area contributed by atoms with E-state index in [2.05, 4.69) is 22.1 Å². The number of likely N-dealkylation sites (N-methyl/N-ethyl adjacent to an activating group) is 1. The fourth-order valence-corrected chi connectivity index (χ4v) is 4.31. The first-order chi connectivity index (χ1) is 13.1. The number of hydrogen-bond acceptors (Lipinski definition) is 5. The number of methoxy groups -OCH3 is 1. The Hall–Kier alpha value is -2.15. The molecule has 2 aliphatic rings. The standard InChI is InChI=1S/C20H29N5O2/c1-3-24-9-5-4-6-14(12-24)25-16-11-17(27-2)18(20(21)26)15(10-13-7-8-13)19(16)22-23-25/h11,13-14H,3-10,12H2,1-2H3,(H2,21,26)/t14-/m1/s1. The average molecular weight is 371 g/mol. The molecule has 146 valence electrons. The topological polar surface area (TPSA) is 86.3 Å². The van der Waals surface area contributed by atoms with Crippen molar-refractivity contribution in [3.63, 3.8) is 0 Å². The molecule has 7 heteroatoms. The van der Waals surface area contributed by atoms with Crippen LogP contribution in [0.15, 0.2) is 6.07 Å². The molecule has 0 radical (unpaired) electrons. The lowest BCUT2D eigenvalue weighted by atomic mass is 9.98. The minimum absolute atomic E-state index is 0.287. The van der Waals surface area contributed by atoms with Gasteiger partial charge in [0.05, 0.1) is 24.2 Å². The molecule has 1 aromatic heterocycles. The predicted octanol–water partition coefficient (Wildman–Crippen LogP) is 2.54. The van der Waals surface area contributed by atoms with Crippen LogP contribution in [0.1, 0.15) is 61.0 Å². The van der Waals surface area contributed by atoms with Crippen molar-refractivity contribution in [2.75, 3.05) is 26.7 Å². The maximum Gasteiger partial charge on any atom is 0.252 e. The van der Waals surface area contributed by atoms with Gasteiger partial charge in [-0.15, -0.1) is 5.10 Å². The number of aromatic nitrogens is 3. The van der Waals surface area contributed by atoms with Crippen LogP contribution >= 0.6 is 0 Å². The molecule has 7 nitrogen and oxygen atoms in total. The number of carbonyl (C=O) groups excluding carboxylic acids is 1. The van der Waals surface area contributed by atoms with Gasteiger partial charge >= 0.3 is 0 Å². The number of likely N-dealkylation sites (tertiary alicyclic amines) is 1. The summed E-state index contributed by atoms with van der Waals surface area (Å²) in [5.74, 6) is 0.692. The van der Waals surface area contributed by atoms with E-state index in [0.717, 1.165) is 49.1 Å². The van der Waals surface area contributed by atoms with Gasteiger partial charge in [0.25, 0.3) is 5.91 Å². The summed E-state index contributed by atoms with van der Waals surface area (Å²) < 4.78 is 7.60. The highest BCUT2D eigenvalue weighted by Gasteiger charge is 2.30. The van der Waals surface area contributed by atoms with E-state index in [1.165, 1.54) is 25.7 Å². The third kappa shape index (κ3) is 3.52. The van der Waals surface area contributed by atoms with Gasteiger partial charge in [-0.05, 0) is 56.7 Å². The zero-order chi connectivity index (χ0) is 19.0. The van der Waals surface area contributed by atoms with E-state index < -0.39 is 5.91 Å². The molecule has 2 aromatic rings. The molecule has 1 aliphatic heterocycles. The molecule has 1 amide bonds. The van der Waals surface area contributed by atoms with E-state index in [0.29, 0.717) is 17.2 Å². The monoisotopic (exact) mass is 371 g/mol. The lowest BCUT2D eigenvalue weighted by Crippen LogP contribution is -2.30. The first-order valence-electron chi connectivity index (χ1n) is 10.1. The van der Waals surface area contributed by atoms with Crippen LogP contribution in [0, 0.1) is 5.92 Å². The van der Waals surface area contributed by atoms with Crippen molar-refractivity contribution in [1.29, 1.82) is 0 Å². The van der Waals surface area contributed by atoms with Crippen LogP contribution < -0.4 is 10.5 Å².